The molecule has 0 unspecified atom stereocenters. The molecule has 0 bridgehead atoms. The fraction of sp³-hybridized carbons (Fsp3) is 0.696. The number of urea groups is 1. The van der Waals surface area contributed by atoms with Crippen molar-refractivity contribution in [3.63, 3.8) is 0 Å². The van der Waals surface area contributed by atoms with E-state index in [4.69, 9.17) is 9.47 Å². The van der Waals surface area contributed by atoms with E-state index in [1.165, 1.54) is 19.3 Å². The number of carbonyl (C=O) groups excluding carboxylic acids is 1. The van der Waals surface area contributed by atoms with Crippen LogP contribution in [0.1, 0.15) is 64.4 Å². The van der Waals surface area contributed by atoms with Crippen molar-refractivity contribution < 1.29 is 14.3 Å². The van der Waals surface area contributed by atoms with Gasteiger partial charge in [-0.15, -0.1) is 0 Å². The number of hydrogen-bond acceptors (Lipinski definition) is 3. The lowest BCUT2D eigenvalue weighted by atomic mass is 9.98. The van der Waals surface area contributed by atoms with Crippen LogP contribution in [0.5, 0.6) is 5.75 Å². The molecule has 156 valence electrons. The molecule has 0 radical (unpaired) electrons. The number of nitrogens with one attached hydrogen (secondary N) is 1. The monoisotopic (exact) mass is 388 g/mol. The second kappa shape index (κ2) is 10.7. The Kier molecular flexibility index (Phi) is 8.01. The van der Waals surface area contributed by atoms with E-state index in [0.29, 0.717) is 24.7 Å². The lowest BCUT2D eigenvalue weighted by molar-refractivity contribution is 0.00210. The van der Waals surface area contributed by atoms with Crippen molar-refractivity contribution in [2.75, 3.05) is 19.7 Å². The predicted octanol–water partition coefficient (Wildman–Crippen LogP) is 4.74. The van der Waals surface area contributed by atoms with Gasteiger partial charge in [-0.1, -0.05) is 32.4 Å². The second-order valence-corrected chi connectivity index (χ2v) is 8.60. The first-order valence-corrected chi connectivity index (χ1v) is 11.0. The number of amides is 2. The molecule has 3 rings (SSSR count). The van der Waals surface area contributed by atoms with Crippen LogP contribution in [-0.2, 0) is 11.3 Å². The molecule has 0 atom stereocenters. The lowest BCUT2D eigenvalue weighted by Crippen LogP contribution is -2.45. The number of carbonyl (C=O) groups is 1. The molecule has 28 heavy (non-hydrogen) atoms. The van der Waals surface area contributed by atoms with Crippen LogP contribution in [0.3, 0.4) is 0 Å². The minimum atomic E-state index is 0.0147. The van der Waals surface area contributed by atoms with Crippen molar-refractivity contribution in [2.45, 2.75) is 77.5 Å². The van der Waals surface area contributed by atoms with Gasteiger partial charge in [-0.25, -0.2) is 4.79 Å². The second-order valence-electron chi connectivity index (χ2n) is 8.60. The SMILES string of the molecule is CC(C)COC1CCN(C(=O)NCc2cccc(OC3CCCCC3)c2)CC1. The van der Waals surface area contributed by atoms with Gasteiger partial charge < -0.3 is 19.7 Å². The van der Waals surface area contributed by atoms with Crippen molar-refractivity contribution >= 4 is 6.03 Å². The third-order valence-electron chi connectivity index (χ3n) is 5.59. The number of hydrogen-bond donors (Lipinski definition) is 1. The van der Waals surface area contributed by atoms with Crippen molar-refractivity contribution in [3.05, 3.63) is 29.8 Å². The highest BCUT2D eigenvalue weighted by molar-refractivity contribution is 5.74. The van der Waals surface area contributed by atoms with Crippen LogP contribution in [0.2, 0.25) is 0 Å². The van der Waals surface area contributed by atoms with Crippen LogP contribution in [0.15, 0.2) is 24.3 Å². The molecule has 1 aliphatic carbocycles. The van der Waals surface area contributed by atoms with Gasteiger partial charge in [0, 0.05) is 26.2 Å². The Hall–Kier alpha value is -1.75. The maximum absolute atomic E-state index is 12.5. The molecular weight excluding hydrogens is 352 g/mol. The summed E-state index contributed by atoms with van der Waals surface area (Å²) in [6.07, 6.45) is 8.63. The largest absolute Gasteiger partial charge is 0.490 e. The Balaban J connectivity index is 1.40. The summed E-state index contributed by atoms with van der Waals surface area (Å²) in [5.74, 6) is 1.47. The Morgan fingerprint density at radius 3 is 2.57 bits per heavy atom. The first kappa shape index (κ1) is 21.0. The zero-order chi connectivity index (χ0) is 19.8. The maximum Gasteiger partial charge on any atom is 0.317 e. The van der Waals surface area contributed by atoms with Gasteiger partial charge in [0.25, 0.3) is 0 Å². The van der Waals surface area contributed by atoms with Gasteiger partial charge in [0.1, 0.15) is 5.75 Å². The third kappa shape index (κ3) is 6.69. The van der Waals surface area contributed by atoms with Crippen molar-refractivity contribution in [3.8, 4) is 5.75 Å². The molecule has 5 nitrogen and oxygen atoms in total. The fourth-order valence-corrected chi connectivity index (χ4v) is 3.95. The molecule has 0 spiro atoms. The van der Waals surface area contributed by atoms with Gasteiger partial charge in [-0.3, -0.25) is 0 Å². The molecule has 1 saturated carbocycles. The van der Waals surface area contributed by atoms with Gasteiger partial charge in [0.15, 0.2) is 0 Å². The van der Waals surface area contributed by atoms with Gasteiger partial charge in [-0.2, -0.15) is 0 Å². The van der Waals surface area contributed by atoms with E-state index in [0.717, 1.165) is 56.7 Å². The van der Waals surface area contributed by atoms with Crippen molar-refractivity contribution in [2.24, 2.45) is 5.92 Å². The van der Waals surface area contributed by atoms with E-state index in [2.05, 4.69) is 25.2 Å². The normalized spacial score (nSPS) is 19.0. The molecule has 1 aromatic rings. The first-order chi connectivity index (χ1) is 13.6. The zero-order valence-corrected chi connectivity index (χ0v) is 17.5. The number of benzene rings is 1. The number of ether oxygens (including phenoxy) is 2. The van der Waals surface area contributed by atoms with E-state index in [1.54, 1.807) is 0 Å². The zero-order valence-electron chi connectivity index (χ0n) is 17.5. The molecule has 1 aliphatic heterocycles. The van der Waals surface area contributed by atoms with E-state index < -0.39 is 0 Å². The molecular formula is C23H36N2O3. The molecule has 2 aliphatic rings. The minimum Gasteiger partial charge on any atom is -0.490 e. The predicted molar refractivity (Wildman–Crippen MR) is 112 cm³/mol. The van der Waals surface area contributed by atoms with Crippen molar-refractivity contribution in [1.82, 2.24) is 10.2 Å². The highest BCUT2D eigenvalue weighted by atomic mass is 16.5. The summed E-state index contributed by atoms with van der Waals surface area (Å²) in [5, 5.41) is 3.06. The van der Waals surface area contributed by atoms with Gasteiger partial charge >= 0.3 is 6.03 Å². The molecule has 1 aromatic carbocycles. The maximum atomic E-state index is 12.5. The Bertz CT molecular complexity index is 606. The highest BCUT2D eigenvalue weighted by Gasteiger charge is 2.23. The van der Waals surface area contributed by atoms with Crippen LogP contribution in [0.25, 0.3) is 0 Å². The van der Waals surface area contributed by atoms with E-state index in [-0.39, 0.29) is 6.03 Å². The summed E-state index contributed by atoms with van der Waals surface area (Å²) in [6.45, 7) is 7.19. The summed E-state index contributed by atoms with van der Waals surface area (Å²) >= 11 is 0. The lowest BCUT2D eigenvalue weighted by Gasteiger charge is -2.32. The average Bonchev–Trinajstić information content (AvgIpc) is 2.72. The average molecular weight is 389 g/mol. The van der Waals surface area contributed by atoms with Gasteiger partial charge in [0.05, 0.1) is 12.2 Å². The summed E-state index contributed by atoms with van der Waals surface area (Å²) in [7, 11) is 0. The van der Waals surface area contributed by atoms with Crippen LogP contribution in [0.4, 0.5) is 4.79 Å². The quantitative estimate of drug-likeness (QED) is 0.734. The number of rotatable bonds is 7. The van der Waals surface area contributed by atoms with Crippen molar-refractivity contribution in [1.29, 1.82) is 0 Å². The molecule has 0 aromatic heterocycles. The molecule has 2 amide bonds. The summed E-state index contributed by atoms with van der Waals surface area (Å²) in [4.78, 5) is 14.4. The van der Waals surface area contributed by atoms with Crippen LogP contribution >= 0.6 is 0 Å². The number of nitrogens with zero attached hydrogens (tertiary/aromatic N) is 1. The molecule has 2 fully saturated rings. The topological polar surface area (TPSA) is 50.8 Å². The van der Waals surface area contributed by atoms with Gasteiger partial charge in [-0.05, 0) is 62.1 Å². The number of likely N-dealkylation sites (tertiary alicyclic amines) is 1. The first-order valence-electron chi connectivity index (χ1n) is 11.0. The molecule has 5 heteroatoms. The van der Waals surface area contributed by atoms with Gasteiger partial charge in [0.2, 0.25) is 0 Å². The van der Waals surface area contributed by atoms with E-state index in [9.17, 15) is 4.79 Å². The Morgan fingerprint density at radius 1 is 1.11 bits per heavy atom. The van der Waals surface area contributed by atoms with E-state index in [1.807, 2.05) is 23.1 Å². The summed E-state index contributed by atoms with van der Waals surface area (Å²) in [5.41, 5.74) is 1.08. The standard InChI is InChI=1S/C23H36N2O3/c1-18(2)17-27-20-11-13-25(14-12-20)23(26)24-16-19-7-6-10-22(15-19)28-21-8-4-3-5-9-21/h6-7,10,15,18,20-21H,3-5,8-9,11-14,16-17H2,1-2H3,(H,24,26). The number of piperidine rings is 1. The third-order valence-corrected chi connectivity index (χ3v) is 5.59. The highest BCUT2D eigenvalue weighted by Crippen LogP contribution is 2.24. The molecule has 1 heterocycles. The Labute approximate surface area is 169 Å². The fourth-order valence-electron chi connectivity index (χ4n) is 3.95. The summed E-state index contributed by atoms with van der Waals surface area (Å²) in [6, 6.07) is 8.14. The molecule has 1 saturated heterocycles. The summed E-state index contributed by atoms with van der Waals surface area (Å²) < 4.78 is 12.0. The smallest absolute Gasteiger partial charge is 0.317 e. The van der Waals surface area contributed by atoms with Crippen LogP contribution in [-0.4, -0.2) is 42.8 Å². The Morgan fingerprint density at radius 2 is 1.86 bits per heavy atom. The molecule has 1 N–H and O–H groups in total. The van der Waals surface area contributed by atoms with Crippen LogP contribution in [0, 0.1) is 5.92 Å². The van der Waals surface area contributed by atoms with Crippen LogP contribution < -0.4 is 10.1 Å². The minimum absolute atomic E-state index is 0.0147. The van der Waals surface area contributed by atoms with E-state index >= 15 is 0 Å².